The standard InChI is InChI=1S/C17H26N4/c1-2-6-16-13(4-1)5-3-9-21(16)17-12-19-15(11-20-17)10-18-14-7-8-14/h11-14,16,18H,1-10H2. The molecule has 2 heterocycles. The quantitative estimate of drug-likeness (QED) is 0.924. The SMILES string of the molecule is c1nc(N2CCCC3CCCCC32)cnc1CNC1CC1. The molecule has 2 atom stereocenters. The zero-order chi connectivity index (χ0) is 14.1. The van der Waals surface area contributed by atoms with Gasteiger partial charge in [0.05, 0.1) is 18.1 Å². The van der Waals surface area contributed by atoms with E-state index in [1.165, 1.54) is 51.4 Å². The smallest absolute Gasteiger partial charge is 0.147 e. The number of hydrogen-bond acceptors (Lipinski definition) is 4. The Bertz CT molecular complexity index is 466. The molecule has 0 bridgehead atoms. The number of piperidine rings is 1. The van der Waals surface area contributed by atoms with Gasteiger partial charge in [-0.1, -0.05) is 12.8 Å². The third kappa shape index (κ3) is 3.05. The molecule has 21 heavy (non-hydrogen) atoms. The molecule has 0 radical (unpaired) electrons. The number of rotatable bonds is 4. The van der Waals surface area contributed by atoms with E-state index in [1.54, 1.807) is 0 Å². The first-order chi connectivity index (χ1) is 10.4. The van der Waals surface area contributed by atoms with E-state index in [2.05, 4.69) is 15.2 Å². The maximum absolute atomic E-state index is 4.72. The minimum absolute atomic E-state index is 0.720. The molecule has 0 amide bonds. The van der Waals surface area contributed by atoms with Gasteiger partial charge in [-0.3, -0.25) is 4.98 Å². The average Bonchev–Trinajstić information content (AvgIpc) is 3.37. The molecular formula is C17H26N4. The molecular weight excluding hydrogens is 260 g/mol. The lowest BCUT2D eigenvalue weighted by Gasteiger charge is -2.44. The zero-order valence-corrected chi connectivity index (χ0v) is 12.8. The van der Waals surface area contributed by atoms with Crippen molar-refractivity contribution < 1.29 is 0 Å². The van der Waals surface area contributed by atoms with Gasteiger partial charge in [0.25, 0.3) is 0 Å². The fourth-order valence-electron chi connectivity index (χ4n) is 4.03. The van der Waals surface area contributed by atoms with Gasteiger partial charge in [0.2, 0.25) is 0 Å². The summed E-state index contributed by atoms with van der Waals surface area (Å²) < 4.78 is 0. The predicted octanol–water partition coefficient (Wildman–Crippen LogP) is 2.89. The fourth-order valence-corrected chi connectivity index (χ4v) is 4.03. The van der Waals surface area contributed by atoms with E-state index in [9.17, 15) is 0 Å². The van der Waals surface area contributed by atoms with E-state index in [0.29, 0.717) is 0 Å². The van der Waals surface area contributed by atoms with Crippen molar-refractivity contribution in [1.29, 1.82) is 0 Å². The zero-order valence-electron chi connectivity index (χ0n) is 12.8. The van der Waals surface area contributed by atoms with Gasteiger partial charge in [-0.15, -0.1) is 0 Å². The summed E-state index contributed by atoms with van der Waals surface area (Å²) >= 11 is 0. The van der Waals surface area contributed by atoms with Crippen LogP contribution in [0.5, 0.6) is 0 Å². The maximum Gasteiger partial charge on any atom is 0.147 e. The van der Waals surface area contributed by atoms with E-state index in [-0.39, 0.29) is 0 Å². The van der Waals surface area contributed by atoms with Crippen molar-refractivity contribution in [3.63, 3.8) is 0 Å². The topological polar surface area (TPSA) is 41.1 Å². The van der Waals surface area contributed by atoms with Crippen LogP contribution in [-0.2, 0) is 6.54 Å². The highest BCUT2D eigenvalue weighted by molar-refractivity contribution is 5.38. The van der Waals surface area contributed by atoms with Gasteiger partial charge in [-0.2, -0.15) is 0 Å². The van der Waals surface area contributed by atoms with Crippen LogP contribution in [0.3, 0.4) is 0 Å². The Kier molecular flexibility index (Phi) is 3.80. The summed E-state index contributed by atoms with van der Waals surface area (Å²) in [4.78, 5) is 11.9. The highest BCUT2D eigenvalue weighted by atomic mass is 15.2. The monoisotopic (exact) mass is 286 g/mol. The summed E-state index contributed by atoms with van der Waals surface area (Å²) in [7, 11) is 0. The molecule has 4 heteroatoms. The van der Waals surface area contributed by atoms with Crippen molar-refractivity contribution in [2.75, 3.05) is 11.4 Å². The summed E-state index contributed by atoms with van der Waals surface area (Å²) in [6, 6.07) is 1.45. The number of anilines is 1. The Morgan fingerprint density at radius 2 is 1.86 bits per heavy atom. The Balaban J connectivity index is 1.43. The first-order valence-corrected chi connectivity index (χ1v) is 8.71. The second kappa shape index (κ2) is 5.91. The highest BCUT2D eigenvalue weighted by Crippen LogP contribution is 2.36. The van der Waals surface area contributed by atoms with E-state index in [4.69, 9.17) is 4.98 Å². The third-order valence-electron chi connectivity index (χ3n) is 5.38. The van der Waals surface area contributed by atoms with Gasteiger partial charge in [0.15, 0.2) is 0 Å². The molecule has 1 aromatic rings. The predicted molar refractivity (Wildman–Crippen MR) is 84.2 cm³/mol. The molecule has 2 aliphatic carbocycles. The second-order valence-electron chi connectivity index (χ2n) is 6.97. The Labute approximate surface area is 127 Å². The Hall–Kier alpha value is -1.16. The van der Waals surface area contributed by atoms with Crippen molar-refractivity contribution in [1.82, 2.24) is 15.3 Å². The lowest BCUT2D eigenvalue weighted by Crippen LogP contribution is -2.47. The summed E-state index contributed by atoms with van der Waals surface area (Å²) in [5.74, 6) is 1.99. The van der Waals surface area contributed by atoms with Crippen LogP contribution >= 0.6 is 0 Å². The molecule has 114 valence electrons. The minimum Gasteiger partial charge on any atom is -0.352 e. The van der Waals surface area contributed by atoms with Gasteiger partial charge in [0.1, 0.15) is 5.82 Å². The Morgan fingerprint density at radius 1 is 1.00 bits per heavy atom. The van der Waals surface area contributed by atoms with E-state index in [0.717, 1.165) is 42.6 Å². The van der Waals surface area contributed by atoms with Crippen molar-refractivity contribution in [3.8, 4) is 0 Å². The van der Waals surface area contributed by atoms with Crippen molar-refractivity contribution >= 4 is 5.82 Å². The van der Waals surface area contributed by atoms with E-state index >= 15 is 0 Å². The number of hydrogen-bond donors (Lipinski definition) is 1. The van der Waals surface area contributed by atoms with Gasteiger partial charge in [-0.05, 0) is 44.4 Å². The summed E-state index contributed by atoms with van der Waals surface area (Å²) in [5.41, 5.74) is 1.07. The van der Waals surface area contributed by atoms with Crippen molar-refractivity contribution in [3.05, 3.63) is 18.1 Å². The number of nitrogens with zero attached hydrogens (tertiary/aromatic N) is 3. The minimum atomic E-state index is 0.720. The first-order valence-electron chi connectivity index (χ1n) is 8.71. The molecule has 1 aromatic heterocycles. The summed E-state index contributed by atoms with van der Waals surface area (Å²) in [6.45, 7) is 2.03. The van der Waals surface area contributed by atoms with Gasteiger partial charge < -0.3 is 10.2 Å². The number of nitrogens with one attached hydrogen (secondary N) is 1. The van der Waals surface area contributed by atoms with Crippen molar-refractivity contribution in [2.24, 2.45) is 5.92 Å². The van der Waals surface area contributed by atoms with Crippen LogP contribution in [0.1, 0.15) is 57.1 Å². The molecule has 1 aliphatic heterocycles. The van der Waals surface area contributed by atoms with Crippen LogP contribution in [0, 0.1) is 5.92 Å². The van der Waals surface area contributed by atoms with Crippen LogP contribution < -0.4 is 10.2 Å². The van der Waals surface area contributed by atoms with E-state index in [1.807, 2.05) is 12.4 Å². The maximum atomic E-state index is 4.72. The first kappa shape index (κ1) is 13.5. The molecule has 2 saturated carbocycles. The van der Waals surface area contributed by atoms with Crippen LogP contribution in [0.2, 0.25) is 0 Å². The lowest BCUT2D eigenvalue weighted by molar-refractivity contribution is 0.242. The normalized spacial score (nSPS) is 29.2. The molecule has 4 nitrogen and oxygen atoms in total. The molecule has 0 aromatic carbocycles. The van der Waals surface area contributed by atoms with Crippen molar-refractivity contribution in [2.45, 2.75) is 70.0 Å². The Morgan fingerprint density at radius 3 is 2.67 bits per heavy atom. The molecule has 1 saturated heterocycles. The molecule has 3 aliphatic rings. The van der Waals surface area contributed by atoms with Crippen LogP contribution in [0.15, 0.2) is 12.4 Å². The molecule has 2 unspecified atom stereocenters. The molecule has 1 N–H and O–H groups in total. The molecule has 3 fully saturated rings. The molecule has 4 rings (SSSR count). The second-order valence-corrected chi connectivity index (χ2v) is 6.97. The number of aromatic nitrogens is 2. The van der Waals surface area contributed by atoms with Gasteiger partial charge in [0, 0.05) is 25.2 Å². The summed E-state index contributed by atoms with van der Waals surface area (Å²) in [6.07, 6.45) is 14.9. The number of fused-ring (bicyclic) bond motifs is 1. The van der Waals surface area contributed by atoms with Crippen LogP contribution in [0.25, 0.3) is 0 Å². The van der Waals surface area contributed by atoms with Gasteiger partial charge in [-0.25, -0.2) is 4.98 Å². The molecule has 0 spiro atoms. The lowest BCUT2D eigenvalue weighted by atomic mass is 9.78. The highest BCUT2D eigenvalue weighted by Gasteiger charge is 2.33. The average molecular weight is 286 g/mol. The summed E-state index contributed by atoms with van der Waals surface area (Å²) in [5, 5.41) is 3.50. The fraction of sp³-hybridized carbons (Fsp3) is 0.765. The van der Waals surface area contributed by atoms with E-state index < -0.39 is 0 Å². The van der Waals surface area contributed by atoms with Crippen LogP contribution in [-0.4, -0.2) is 28.6 Å². The van der Waals surface area contributed by atoms with Crippen LogP contribution in [0.4, 0.5) is 5.82 Å². The van der Waals surface area contributed by atoms with Gasteiger partial charge >= 0.3 is 0 Å². The largest absolute Gasteiger partial charge is 0.352 e. The third-order valence-corrected chi connectivity index (χ3v) is 5.38.